The van der Waals surface area contributed by atoms with Crippen molar-refractivity contribution in [3.05, 3.63) is 0 Å². The Morgan fingerprint density at radius 3 is 1.23 bits per heavy atom. The van der Waals surface area contributed by atoms with E-state index in [4.69, 9.17) is 20.4 Å². The van der Waals surface area contributed by atoms with Crippen LogP contribution >= 0.6 is 0 Å². The van der Waals surface area contributed by atoms with E-state index < -0.39 is 42.5 Å². The number of quaternary nitrogens is 3. The summed E-state index contributed by atoms with van der Waals surface area (Å²) in [6.45, 7) is -0.729. The van der Waals surface area contributed by atoms with E-state index in [-0.39, 0.29) is 31.7 Å². The summed E-state index contributed by atoms with van der Waals surface area (Å²) in [7, 11) is 0. The van der Waals surface area contributed by atoms with Gasteiger partial charge in [0.1, 0.15) is 11.7 Å². The number of aliphatic hydroxyl groups excluding tert-OH is 3. The summed E-state index contributed by atoms with van der Waals surface area (Å²) in [5.41, 5.74) is -2.97. The molecule has 0 bridgehead atoms. The third-order valence-corrected chi connectivity index (χ3v) is 1.68. The van der Waals surface area contributed by atoms with Crippen molar-refractivity contribution in [3.63, 3.8) is 0 Å². The summed E-state index contributed by atoms with van der Waals surface area (Å²) in [5, 5.41) is 62.9. The van der Waals surface area contributed by atoms with Crippen LogP contribution in [0.5, 0.6) is 0 Å². The average molecular weight is 335 g/mol. The normalized spacial score (nSPS) is 9.14. The number of aliphatic carboxylic acids is 3. The van der Waals surface area contributed by atoms with Gasteiger partial charge in [0, 0.05) is 24.8 Å². The Hall–Kier alpha value is -1.87. The maximum absolute atomic E-state index is 10.1. The van der Waals surface area contributed by atoms with E-state index in [2.05, 4.69) is 0 Å². The molecule has 0 aromatic carbocycles. The largest absolute Gasteiger partial charge is 0.550 e. The molecule has 0 aliphatic carbocycles. The zero-order valence-corrected chi connectivity index (χ0v) is 12.6. The first-order valence-corrected chi connectivity index (χ1v) is 4.82. The molecule has 136 valence electrons. The van der Waals surface area contributed by atoms with Crippen molar-refractivity contribution in [1.29, 1.82) is 0 Å². The van der Waals surface area contributed by atoms with Gasteiger partial charge in [-0.15, -0.1) is 0 Å². The van der Waals surface area contributed by atoms with Gasteiger partial charge >= 0.3 is 0 Å². The fourth-order valence-corrected chi connectivity index (χ4v) is 0.742. The molecule has 13 nitrogen and oxygen atoms in total. The first-order chi connectivity index (χ1) is 8.58. The highest BCUT2D eigenvalue weighted by atomic mass is 16.4. The molecule has 0 unspecified atom stereocenters. The molecule has 0 atom stereocenters. The van der Waals surface area contributed by atoms with Crippen LogP contribution in [0, 0.1) is 0 Å². The third-order valence-electron chi connectivity index (χ3n) is 1.68. The van der Waals surface area contributed by atoms with Crippen molar-refractivity contribution < 1.29 is 50.1 Å². The summed E-state index contributed by atoms with van der Waals surface area (Å²) >= 11 is 0. The molecule has 0 fully saturated rings. The Morgan fingerprint density at radius 2 is 1.14 bits per heavy atom. The van der Waals surface area contributed by atoms with Crippen molar-refractivity contribution in [2.45, 2.75) is 24.5 Å². The maximum Gasteiger partial charge on any atom is 0.114 e. The molecule has 0 spiro atoms. The van der Waals surface area contributed by atoms with Crippen LogP contribution in [-0.2, 0) is 14.4 Å². The molecule has 22 heavy (non-hydrogen) atoms. The molecule has 0 amide bonds. The highest BCUT2D eigenvalue weighted by molar-refractivity contribution is 5.86. The van der Waals surface area contributed by atoms with E-state index in [1.807, 2.05) is 0 Å². The molecule has 0 saturated carbocycles. The smallest absolute Gasteiger partial charge is 0.114 e. The van der Waals surface area contributed by atoms with Gasteiger partial charge in [0.2, 0.25) is 0 Å². The molecule has 13 heteroatoms. The van der Waals surface area contributed by atoms with Crippen LogP contribution < -0.4 is 33.8 Å². The topological polar surface area (TPSA) is 311 Å². The van der Waals surface area contributed by atoms with Crippen molar-refractivity contribution >= 4 is 17.9 Å². The minimum absolute atomic E-state index is 0. The van der Waals surface area contributed by atoms with Crippen LogP contribution in [0.25, 0.3) is 0 Å². The molecule has 0 heterocycles. The predicted molar refractivity (Wildman–Crippen MR) is 67.3 cm³/mol. The molecule has 0 aliphatic heterocycles. The van der Waals surface area contributed by atoms with Gasteiger partial charge < -0.3 is 68.6 Å². The van der Waals surface area contributed by atoms with Crippen molar-refractivity contribution in [1.82, 2.24) is 18.5 Å². The third kappa shape index (κ3) is 16.2. The van der Waals surface area contributed by atoms with Crippen LogP contribution in [0.15, 0.2) is 0 Å². The standard InChI is InChI=1S/C6H8O7.C3H8O3.3H3N/c7-3(8)1-6(13,5(11)12)2-4(9)10;4-1-3(6)2-5;;;/h13H,1-2H2,(H,7,8)(H,9,10)(H,11,12);3-6H,1-2H2;3*1H3. The van der Waals surface area contributed by atoms with E-state index >= 15 is 0 Å². The number of aliphatic hydroxyl groups is 4. The van der Waals surface area contributed by atoms with E-state index in [0.717, 1.165) is 0 Å². The minimum atomic E-state index is -2.97. The molecule has 0 aromatic heterocycles. The van der Waals surface area contributed by atoms with Crippen LogP contribution in [0.2, 0.25) is 0 Å². The molecule has 0 rings (SSSR count). The maximum atomic E-state index is 10.1. The summed E-state index contributed by atoms with van der Waals surface area (Å²) in [4.78, 5) is 30.0. The van der Waals surface area contributed by atoms with Crippen molar-refractivity contribution in [2.75, 3.05) is 13.2 Å². The number of carbonyl (C=O) groups excluding carboxylic acids is 3. The lowest BCUT2D eigenvalue weighted by atomic mass is 9.96. The average Bonchev–Trinajstić information content (AvgIpc) is 2.26. The minimum Gasteiger partial charge on any atom is -0.550 e. The Balaban J connectivity index is -0.0000000933. The van der Waals surface area contributed by atoms with Crippen LogP contribution in [0.3, 0.4) is 0 Å². The molecule has 0 aromatic rings. The second-order valence-corrected chi connectivity index (χ2v) is 3.44. The summed E-state index contributed by atoms with van der Waals surface area (Å²) in [6.07, 6.45) is -3.67. The quantitative estimate of drug-likeness (QED) is 0.231. The van der Waals surface area contributed by atoms with Gasteiger partial charge in [-0.3, -0.25) is 0 Å². The Labute approximate surface area is 125 Å². The number of rotatable bonds is 7. The fraction of sp³-hybridized carbons (Fsp3) is 0.667. The van der Waals surface area contributed by atoms with Gasteiger partial charge in [-0.05, 0) is 0 Å². The number of carboxylic acids is 3. The Bertz CT molecular complexity index is 305. The molecule has 0 saturated heterocycles. The van der Waals surface area contributed by atoms with Gasteiger partial charge in [0.05, 0.1) is 19.2 Å². The second-order valence-electron chi connectivity index (χ2n) is 3.44. The highest BCUT2D eigenvalue weighted by Crippen LogP contribution is 2.13. The number of hydrogen-bond donors (Lipinski definition) is 7. The Morgan fingerprint density at radius 1 is 0.864 bits per heavy atom. The summed E-state index contributed by atoms with van der Waals surface area (Å²) < 4.78 is 0. The van der Waals surface area contributed by atoms with E-state index in [1.165, 1.54) is 0 Å². The lowest BCUT2D eigenvalue weighted by molar-refractivity contribution is -0.339. The van der Waals surface area contributed by atoms with Gasteiger partial charge in [0.15, 0.2) is 0 Å². The second kappa shape index (κ2) is 15.5. The monoisotopic (exact) mass is 335 g/mol. The first-order valence-electron chi connectivity index (χ1n) is 4.82. The van der Waals surface area contributed by atoms with Crippen LogP contribution in [0.4, 0.5) is 0 Å². The van der Waals surface area contributed by atoms with Crippen molar-refractivity contribution in [3.8, 4) is 0 Å². The van der Waals surface area contributed by atoms with Crippen LogP contribution in [0.1, 0.15) is 12.8 Å². The van der Waals surface area contributed by atoms with Gasteiger partial charge in [-0.1, -0.05) is 0 Å². The van der Waals surface area contributed by atoms with E-state index in [9.17, 15) is 29.7 Å². The Kier molecular flexibility index (Phi) is 22.7. The number of hydrogen-bond acceptors (Lipinski definition) is 10. The SMILES string of the molecule is O=C([O-])CC(O)(CC(=O)[O-])C(=O)[O-].OCC(O)CO.[NH4+].[NH4+].[NH4+]. The summed E-state index contributed by atoms with van der Waals surface area (Å²) in [5.74, 6) is -5.98. The molecule has 0 radical (unpaired) electrons. The highest BCUT2D eigenvalue weighted by Gasteiger charge is 2.29. The van der Waals surface area contributed by atoms with Crippen LogP contribution in [-0.4, -0.2) is 63.3 Å². The number of carbonyl (C=O) groups is 3. The van der Waals surface area contributed by atoms with Gasteiger partial charge in [-0.25, -0.2) is 0 Å². The van der Waals surface area contributed by atoms with E-state index in [1.54, 1.807) is 0 Å². The predicted octanol–water partition coefficient (Wildman–Crippen LogP) is -5.79. The first kappa shape index (κ1) is 32.2. The molecular weight excluding hydrogens is 310 g/mol. The molecular formula is C9H25N3O10. The van der Waals surface area contributed by atoms with Gasteiger partial charge in [0.25, 0.3) is 0 Å². The van der Waals surface area contributed by atoms with Crippen molar-refractivity contribution in [2.24, 2.45) is 0 Å². The molecule has 0 aliphatic rings. The lowest BCUT2D eigenvalue weighted by Crippen LogP contribution is -2.54. The number of carboxylic acid groups (broad SMARTS) is 3. The molecule has 16 N–H and O–H groups in total. The van der Waals surface area contributed by atoms with Gasteiger partial charge in [-0.2, -0.15) is 0 Å². The zero-order valence-electron chi connectivity index (χ0n) is 12.6. The summed E-state index contributed by atoms with van der Waals surface area (Å²) in [6, 6.07) is 0. The van der Waals surface area contributed by atoms with E-state index in [0.29, 0.717) is 0 Å². The fourth-order valence-electron chi connectivity index (χ4n) is 0.742. The zero-order chi connectivity index (χ0) is 15.6. The lowest BCUT2D eigenvalue weighted by Gasteiger charge is -2.29.